The molecule has 0 aliphatic carbocycles. The molecule has 1 aromatic heterocycles. The quantitative estimate of drug-likeness (QED) is 0.885. The molecule has 2 rings (SSSR count). The highest BCUT2D eigenvalue weighted by molar-refractivity contribution is 5.48. The van der Waals surface area contributed by atoms with Crippen LogP contribution in [0, 0.1) is 12.7 Å². The van der Waals surface area contributed by atoms with E-state index in [0.29, 0.717) is 12.5 Å². The number of aromatic nitrogens is 2. The summed E-state index contributed by atoms with van der Waals surface area (Å²) in [6.07, 6.45) is 2.28. The van der Waals surface area contributed by atoms with Crippen molar-refractivity contribution in [2.75, 3.05) is 11.9 Å². The molecule has 2 aromatic rings. The van der Waals surface area contributed by atoms with Crippen molar-refractivity contribution in [1.29, 1.82) is 0 Å². The monoisotopic (exact) mass is 289 g/mol. The van der Waals surface area contributed by atoms with Gasteiger partial charge in [-0.1, -0.05) is 12.1 Å². The van der Waals surface area contributed by atoms with E-state index >= 15 is 0 Å². The van der Waals surface area contributed by atoms with Gasteiger partial charge in [-0.25, -0.2) is 14.4 Å². The van der Waals surface area contributed by atoms with Gasteiger partial charge in [-0.05, 0) is 44.9 Å². The van der Waals surface area contributed by atoms with Crippen molar-refractivity contribution < 1.29 is 9.13 Å². The van der Waals surface area contributed by atoms with Crippen LogP contribution in [0.1, 0.15) is 25.0 Å². The molecule has 0 aliphatic heterocycles. The minimum atomic E-state index is -0.215. The van der Waals surface area contributed by atoms with Crippen LogP contribution in [0.3, 0.4) is 0 Å². The summed E-state index contributed by atoms with van der Waals surface area (Å²) in [5.41, 5.74) is 1.97. The lowest BCUT2D eigenvalue weighted by Gasteiger charge is -2.17. The van der Waals surface area contributed by atoms with E-state index < -0.39 is 0 Å². The molecule has 0 spiro atoms. The zero-order chi connectivity index (χ0) is 15.2. The highest BCUT2D eigenvalue weighted by Gasteiger charge is 2.11. The number of ether oxygens (including phenoxy) is 1. The van der Waals surface area contributed by atoms with Gasteiger partial charge in [-0.2, -0.15) is 0 Å². The first-order valence-electron chi connectivity index (χ1n) is 7.05. The van der Waals surface area contributed by atoms with E-state index in [1.165, 1.54) is 18.5 Å². The van der Waals surface area contributed by atoms with Crippen molar-refractivity contribution >= 4 is 5.82 Å². The second kappa shape index (κ2) is 7.02. The van der Waals surface area contributed by atoms with E-state index in [4.69, 9.17) is 4.74 Å². The fraction of sp³-hybridized carbons (Fsp3) is 0.375. The Balaban J connectivity index is 2.03. The third-order valence-corrected chi connectivity index (χ3v) is 3.16. The maximum Gasteiger partial charge on any atom is 0.221 e. The van der Waals surface area contributed by atoms with Gasteiger partial charge >= 0.3 is 0 Å². The molecule has 0 radical (unpaired) electrons. The van der Waals surface area contributed by atoms with Crippen LogP contribution in [-0.4, -0.2) is 22.6 Å². The molecule has 1 N–H and O–H groups in total. The summed E-state index contributed by atoms with van der Waals surface area (Å²) in [5.74, 6) is 1.15. The van der Waals surface area contributed by atoms with Crippen LogP contribution in [-0.2, 0) is 6.42 Å². The molecule has 0 saturated carbocycles. The average molecular weight is 289 g/mol. The van der Waals surface area contributed by atoms with Crippen molar-refractivity contribution in [2.24, 2.45) is 0 Å². The Labute approximate surface area is 124 Å². The summed E-state index contributed by atoms with van der Waals surface area (Å²) in [4.78, 5) is 8.37. The maximum absolute atomic E-state index is 12.9. The van der Waals surface area contributed by atoms with Crippen LogP contribution in [0.4, 0.5) is 10.2 Å². The van der Waals surface area contributed by atoms with Crippen LogP contribution >= 0.6 is 0 Å². The van der Waals surface area contributed by atoms with Crippen LogP contribution in [0.5, 0.6) is 5.88 Å². The summed E-state index contributed by atoms with van der Waals surface area (Å²) in [5, 5.41) is 3.35. The Morgan fingerprint density at radius 3 is 2.62 bits per heavy atom. The maximum atomic E-state index is 12.9. The van der Waals surface area contributed by atoms with Crippen molar-refractivity contribution in [3.05, 3.63) is 47.5 Å². The molecular weight excluding hydrogens is 269 g/mol. The Bertz CT molecular complexity index is 587. The molecular formula is C16H20FN3O. The predicted molar refractivity (Wildman–Crippen MR) is 81.1 cm³/mol. The fourth-order valence-corrected chi connectivity index (χ4v) is 2.12. The van der Waals surface area contributed by atoms with Gasteiger partial charge in [0.05, 0.1) is 12.2 Å². The molecule has 21 heavy (non-hydrogen) atoms. The van der Waals surface area contributed by atoms with Crippen molar-refractivity contribution in [3.63, 3.8) is 0 Å². The topological polar surface area (TPSA) is 47.0 Å². The Hall–Kier alpha value is -2.17. The van der Waals surface area contributed by atoms with Gasteiger partial charge in [0.15, 0.2) is 0 Å². The molecule has 0 bridgehead atoms. The van der Waals surface area contributed by atoms with Gasteiger partial charge in [-0.15, -0.1) is 0 Å². The molecule has 0 amide bonds. The van der Waals surface area contributed by atoms with E-state index in [1.54, 1.807) is 12.1 Å². The molecule has 0 aliphatic rings. The first kappa shape index (κ1) is 15.2. The van der Waals surface area contributed by atoms with E-state index in [-0.39, 0.29) is 11.9 Å². The smallest absolute Gasteiger partial charge is 0.221 e. The average Bonchev–Trinajstić information content (AvgIpc) is 2.46. The third-order valence-electron chi connectivity index (χ3n) is 3.16. The van der Waals surface area contributed by atoms with Gasteiger partial charge in [0.1, 0.15) is 18.0 Å². The Morgan fingerprint density at radius 2 is 1.95 bits per heavy atom. The highest BCUT2D eigenvalue weighted by atomic mass is 19.1. The largest absolute Gasteiger partial charge is 0.478 e. The molecule has 1 aromatic carbocycles. The molecule has 0 saturated heterocycles. The Kier molecular flexibility index (Phi) is 5.09. The van der Waals surface area contributed by atoms with Crippen molar-refractivity contribution in [2.45, 2.75) is 33.2 Å². The number of nitrogens with one attached hydrogen (secondary N) is 1. The SMILES string of the molecule is CCOc1ncnc(NC(C)Cc2ccc(F)cc2)c1C. The number of anilines is 1. The van der Waals surface area contributed by atoms with Gasteiger partial charge in [0.25, 0.3) is 0 Å². The second-order valence-electron chi connectivity index (χ2n) is 4.96. The first-order chi connectivity index (χ1) is 10.1. The number of halogens is 1. The van der Waals surface area contributed by atoms with Crippen LogP contribution in [0.15, 0.2) is 30.6 Å². The number of hydrogen-bond donors (Lipinski definition) is 1. The second-order valence-corrected chi connectivity index (χ2v) is 4.96. The molecule has 1 atom stereocenters. The van der Waals surface area contributed by atoms with Gasteiger partial charge < -0.3 is 10.1 Å². The minimum absolute atomic E-state index is 0.165. The van der Waals surface area contributed by atoms with Gasteiger partial charge in [0.2, 0.25) is 5.88 Å². The van der Waals surface area contributed by atoms with Crippen LogP contribution < -0.4 is 10.1 Å². The number of rotatable bonds is 6. The standard InChI is InChI=1S/C16H20FN3O/c1-4-21-16-12(3)15(18-10-19-16)20-11(2)9-13-5-7-14(17)8-6-13/h5-8,10-11H,4,9H2,1-3H3,(H,18,19,20). The zero-order valence-electron chi connectivity index (χ0n) is 12.6. The summed E-state index contributed by atoms with van der Waals surface area (Å²) >= 11 is 0. The molecule has 0 fully saturated rings. The lowest BCUT2D eigenvalue weighted by atomic mass is 10.1. The Morgan fingerprint density at radius 1 is 1.24 bits per heavy atom. The summed E-state index contributed by atoms with van der Waals surface area (Å²) in [6, 6.07) is 6.72. The molecule has 112 valence electrons. The molecule has 5 heteroatoms. The molecule has 1 heterocycles. The molecule has 4 nitrogen and oxygen atoms in total. The summed E-state index contributed by atoms with van der Waals surface area (Å²) in [7, 11) is 0. The number of nitrogens with zero attached hydrogens (tertiary/aromatic N) is 2. The summed E-state index contributed by atoms with van der Waals surface area (Å²) in [6.45, 7) is 6.48. The van der Waals surface area contributed by atoms with Gasteiger partial charge in [0, 0.05) is 6.04 Å². The van der Waals surface area contributed by atoms with Crippen molar-refractivity contribution in [1.82, 2.24) is 9.97 Å². The number of hydrogen-bond acceptors (Lipinski definition) is 4. The lowest BCUT2D eigenvalue weighted by Crippen LogP contribution is -2.20. The normalized spacial score (nSPS) is 12.0. The minimum Gasteiger partial charge on any atom is -0.478 e. The van der Waals surface area contributed by atoms with E-state index in [0.717, 1.165) is 23.4 Å². The summed E-state index contributed by atoms with van der Waals surface area (Å²) < 4.78 is 18.4. The predicted octanol–water partition coefficient (Wildman–Crippen LogP) is 3.37. The fourth-order valence-electron chi connectivity index (χ4n) is 2.12. The lowest BCUT2D eigenvalue weighted by molar-refractivity contribution is 0.324. The van der Waals surface area contributed by atoms with E-state index in [9.17, 15) is 4.39 Å². The van der Waals surface area contributed by atoms with E-state index in [1.807, 2.05) is 13.8 Å². The number of benzene rings is 1. The van der Waals surface area contributed by atoms with Crippen LogP contribution in [0.25, 0.3) is 0 Å². The zero-order valence-corrected chi connectivity index (χ0v) is 12.6. The highest BCUT2D eigenvalue weighted by Crippen LogP contribution is 2.21. The third kappa shape index (κ3) is 4.15. The van der Waals surface area contributed by atoms with E-state index in [2.05, 4.69) is 22.2 Å². The molecule has 1 unspecified atom stereocenters. The van der Waals surface area contributed by atoms with Crippen LogP contribution in [0.2, 0.25) is 0 Å². The first-order valence-corrected chi connectivity index (χ1v) is 7.05. The van der Waals surface area contributed by atoms with Gasteiger partial charge in [-0.3, -0.25) is 0 Å². The van der Waals surface area contributed by atoms with Crippen molar-refractivity contribution in [3.8, 4) is 5.88 Å².